The lowest BCUT2D eigenvalue weighted by Gasteiger charge is -2.21. The van der Waals surface area contributed by atoms with E-state index in [4.69, 9.17) is 5.11 Å². The SMILES string of the molecule is Cc1[nH]c2ccccc2c1C(=O)N(CCC(=O)O)C1CC1. The Bertz CT molecular complexity index is 701. The van der Waals surface area contributed by atoms with Crippen molar-refractivity contribution in [1.82, 2.24) is 9.88 Å². The zero-order valence-electron chi connectivity index (χ0n) is 11.9. The zero-order valence-corrected chi connectivity index (χ0v) is 11.9. The van der Waals surface area contributed by atoms with Crippen molar-refractivity contribution in [3.63, 3.8) is 0 Å². The molecule has 1 aliphatic carbocycles. The van der Waals surface area contributed by atoms with Crippen molar-refractivity contribution >= 4 is 22.8 Å². The van der Waals surface area contributed by atoms with E-state index in [-0.39, 0.29) is 24.9 Å². The van der Waals surface area contributed by atoms with Crippen molar-refractivity contribution in [2.45, 2.75) is 32.2 Å². The van der Waals surface area contributed by atoms with Crippen LogP contribution in [-0.4, -0.2) is 39.5 Å². The van der Waals surface area contributed by atoms with Crippen molar-refractivity contribution in [2.24, 2.45) is 0 Å². The number of aliphatic carboxylic acids is 1. The van der Waals surface area contributed by atoms with Crippen molar-refractivity contribution in [3.8, 4) is 0 Å². The molecule has 21 heavy (non-hydrogen) atoms. The van der Waals surface area contributed by atoms with Gasteiger partial charge in [-0.15, -0.1) is 0 Å². The van der Waals surface area contributed by atoms with Gasteiger partial charge in [-0.05, 0) is 25.8 Å². The third-order valence-corrected chi connectivity index (χ3v) is 3.92. The molecule has 1 fully saturated rings. The van der Waals surface area contributed by atoms with Gasteiger partial charge in [-0.2, -0.15) is 0 Å². The van der Waals surface area contributed by atoms with Gasteiger partial charge in [0.05, 0.1) is 12.0 Å². The highest BCUT2D eigenvalue weighted by molar-refractivity contribution is 6.08. The van der Waals surface area contributed by atoms with Crippen LogP contribution in [-0.2, 0) is 4.79 Å². The van der Waals surface area contributed by atoms with Crippen LogP contribution < -0.4 is 0 Å². The molecule has 1 amide bonds. The number of hydrogen-bond donors (Lipinski definition) is 2. The average molecular weight is 286 g/mol. The number of carbonyl (C=O) groups is 2. The number of carboxylic acid groups (broad SMARTS) is 1. The summed E-state index contributed by atoms with van der Waals surface area (Å²) in [6, 6.07) is 7.90. The maximum atomic E-state index is 12.8. The van der Waals surface area contributed by atoms with Crippen LogP contribution in [0.4, 0.5) is 0 Å². The van der Waals surface area contributed by atoms with Gasteiger partial charge in [0.15, 0.2) is 0 Å². The lowest BCUT2D eigenvalue weighted by molar-refractivity contribution is -0.137. The van der Waals surface area contributed by atoms with Gasteiger partial charge in [-0.1, -0.05) is 18.2 Å². The molecule has 0 atom stereocenters. The molecule has 3 rings (SSSR count). The topological polar surface area (TPSA) is 73.4 Å². The number of aromatic nitrogens is 1. The Morgan fingerprint density at radius 2 is 2.05 bits per heavy atom. The molecule has 2 N–H and O–H groups in total. The first-order valence-electron chi connectivity index (χ1n) is 7.18. The van der Waals surface area contributed by atoms with Gasteiger partial charge in [0.25, 0.3) is 5.91 Å². The number of aromatic amines is 1. The fraction of sp³-hybridized carbons (Fsp3) is 0.375. The minimum absolute atomic E-state index is 0.0103. The van der Waals surface area contributed by atoms with Crippen LogP contribution >= 0.6 is 0 Å². The molecule has 1 heterocycles. The first-order valence-corrected chi connectivity index (χ1v) is 7.18. The van der Waals surface area contributed by atoms with E-state index in [1.807, 2.05) is 31.2 Å². The highest BCUT2D eigenvalue weighted by Gasteiger charge is 2.34. The number of para-hydroxylation sites is 1. The van der Waals surface area contributed by atoms with Crippen molar-refractivity contribution in [1.29, 1.82) is 0 Å². The molecule has 1 aromatic carbocycles. The largest absolute Gasteiger partial charge is 0.481 e. The summed E-state index contributed by atoms with van der Waals surface area (Å²) in [5, 5.41) is 9.76. The second-order valence-corrected chi connectivity index (χ2v) is 5.54. The molecule has 0 unspecified atom stereocenters. The van der Waals surface area contributed by atoms with E-state index in [0.29, 0.717) is 5.56 Å². The predicted molar refractivity (Wildman–Crippen MR) is 79.3 cm³/mol. The van der Waals surface area contributed by atoms with Crippen molar-refractivity contribution in [3.05, 3.63) is 35.5 Å². The Morgan fingerprint density at radius 3 is 2.71 bits per heavy atom. The van der Waals surface area contributed by atoms with E-state index in [2.05, 4.69) is 4.98 Å². The summed E-state index contributed by atoms with van der Waals surface area (Å²) in [6.45, 7) is 2.16. The number of amides is 1. The predicted octanol–water partition coefficient (Wildman–Crippen LogP) is 2.56. The second-order valence-electron chi connectivity index (χ2n) is 5.54. The molecule has 0 aliphatic heterocycles. The number of benzene rings is 1. The number of nitrogens with one attached hydrogen (secondary N) is 1. The maximum Gasteiger partial charge on any atom is 0.305 e. The lowest BCUT2D eigenvalue weighted by atomic mass is 10.1. The fourth-order valence-corrected chi connectivity index (χ4v) is 2.75. The van der Waals surface area contributed by atoms with Crippen LogP contribution in [0, 0.1) is 6.92 Å². The first kappa shape index (κ1) is 13.7. The van der Waals surface area contributed by atoms with E-state index in [9.17, 15) is 9.59 Å². The fourth-order valence-electron chi connectivity index (χ4n) is 2.75. The molecule has 1 saturated carbocycles. The number of nitrogens with zero attached hydrogens (tertiary/aromatic N) is 1. The normalized spacial score (nSPS) is 14.3. The summed E-state index contributed by atoms with van der Waals surface area (Å²) < 4.78 is 0. The van der Waals surface area contributed by atoms with E-state index < -0.39 is 5.97 Å². The van der Waals surface area contributed by atoms with E-state index in [0.717, 1.165) is 29.4 Å². The molecule has 110 valence electrons. The van der Waals surface area contributed by atoms with Crippen LogP contribution in [0.15, 0.2) is 24.3 Å². The monoisotopic (exact) mass is 286 g/mol. The van der Waals surface area contributed by atoms with Crippen LogP contribution in [0.1, 0.15) is 35.3 Å². The average Bonchev–Trinajstić information content (AvgIpc) is 3.20. The molecule has 1 aromatic heterocycles. The summed E-state index contributed by atoms with van der Waals surface area (Å²) in [7, 11) is 0. The molecule has 0 radical (unpaired) electrons. The molecule has 0 bridgehead atoms. The summed E-state index contributed by atoms with van der Waals surface area (Å²) in [6.07, 6.45) is 1.92. The number of carboxylic acids is 1. The van der Waals surface area contributed by atoms with Gasteiger partial charge in [0.1, 0.15) is 0 Å². The molecular formula is C16H18N2O3. The van der Waals surface area contributed by atoms with Gasteiger partial charge in [-0.25, -0.2) is 0 Å². The summed E-state index contributed by atoms with van der Waals surface area (Å²) in [4.78, 5) is 28.6. The second kappa shape index (κ2) is 5.24. The zero-order chi connectivity index (χ0) is 15.0. The smallest absolute Gasteiger partial charge is 0.305 e. The van der Waals surface area contributed by atoms with E-state index in [1.165, 1.54) is 0 Å². The van der Waals surface area contributed by atoms with Crippen molar-refractivity contribution in [2.75, 3.05) is 6.54 Å². The van der Waals surface area contributed by atoms with E-state index >= 15 is 0 Å². The number of rotatable bonds is 5. The Labute approximate surface area is 122 Å². The van der Waals surface area contributed by atoms with Crippen LogP contribution in [0.2, 0.25) is 0 Å². The molecule has 0 saturated heterocycles. The molecule has 2 aromatic rings. The van der Waals surface area contributed by atoms with Crippen LogP contribution in [0.5, 0.6) is 0 Å². The first-order chi connectivity index (χ1) is 10.1. The van der Waals surface area contributed by atoms with Gasteiger partial charge >= 0.3 is 5.97 Å². The lowest BCUT2D eigenvalue weighted by Crippen LogP contribution is -2.35. The standard InChI is InChI=1S/C16H18N2O3/c1-10-15(12-4-2-3-5-13(12)17-10)16(21)18(11-6-7-11)9-8-14(19)20/h2-5,11,17H,6-9H2,1H3,(H,19,20). The minimum atomic E-state index is -0.871. The van der Waals surface area contributed by atoms with Gasteiger partial charge < -0.3 is 15.0 Å². The summed E-state index contributed by atoms with van der Waals surface area (Å²) >= 11 is 0. The Balaban J connectivity index is 1.94. The number of hydrogen-bond acceptors (Lipinski definition) is 2. The molecule has 5 nitrogen and oxygen atoms in total. The number of carbonyl (C=O) groups excluding carboxylic acids is 1. The Hall–Kier alpha value is -2.30. The Morgan fingerprint density at radius 1 is 1.33 bits per heavy atom. The third-order valence-electron chi connectivity index (χ3n) is 3.92. The van der Waals surface area contributed by atoms with Gasteiger partial charge in [0.2, 0.25) is 0 Å². The maximum absolute atomic E-state index is 12.8. The van der Waals surface area contributed by atoms with Crippen LogP contribution in [0.25, 0.3) is 10.9 Å². The molecule has 0 spiro atoms. The quantitative estimate of drug-likeness (QED) is 0.887. The highest BCUT2D eigenvalue weighted by atomic mass is 16.4. The van der Waals surface area contributed by atoms with Gasteiger partial charge in [-0.3, -0.25) is 9.59 Å². The minimum Gasteiger partial charge on any atom is -0.481 e. The van der Waals surface area contributed by atoms with Gasteiger partial charge in [0, 0.05) is 29.2 Å². The van der Waals surface area contributed by atoms with Crippen molar-refractivity contribution < 1.29 is 14.7 Å². The van der Waals surface area contributed by atoms with Crippen LogP contribution in [0.3, 0.4) is 0 Å². The summed E-state index contributed by atoms with van der Waals surface area (Å²) in [5.41, 5.74) is 2.44. The molecular weight excluding hydrogens is 268 g/mol. The number of fused-ring (bicyclic) bond motifs is 1. The Kier molecular flexibility index (Phi) is 3.41. The number of H-pyrrole nitrogens is 1. The summed E-state index contributed by atoms with van der Waals surface area (Å²) in [5.74, 6) is -0.933. The van der Waals surface area contributed by atoms with E-state index in [1.54, 1.807) is 4.90 Å². The highest BCUT2D eigenvalue weighted by Crippen LogP contribution is 2.31. The third kappa shape index (κ3) is 2.63. The molecule has 1 aliphatic rings. The number of aryl methyl sites for hydroxylation is 1. The molecule has 5 heteroatoms.